The summed E-state index contributed by atoms with van der Waals surface area (Å²) in [7, 11) is 0. The summed E-state index contributed by atoms with van der Waals surface area (Å²) in [5.74, 6) is 7.22. The summed E-state index contributed by atoms with van der Waals surface area (Å²) in [5, 5.41) is 0. The van der Waals surface area contributed by atoms with Crippen molar-refractivity contribution in [2.24, 2.45) is 4.99 Å². The van der Waals surface area contributed by atoms with Crippen molar-refractivity contribution in [1.29, 1.82) is 0 Å². The van der Waals surface area contributed by atoms with Crippen LogP contribution in [0.1, 0.15) is 43.0 Å². The van der Waals surface area contributed by atoms with Gasteiger partial charge in [0.1, 0.15) is 0 Å². The molecule has 0 radical (unpaired) electrons. The molecule has 2 nitrogen and oxygen atoms in total. The Bertz CT molecular complexity index is 785. The molecule has 21 heavy (non-hydrogen) atoms. The second-order valence-corrected chi connectivity index (χ2v) is 6.03. The highest BCUT2D eigenvalue weighted by molar-refractivity contribution is 5.98. The van der Waals surface area contributed by atoms with E-state index >= 15 is 0 Å². The van der Waals surface area contributed by atoms with E-state index in [1.807, 2.05) is 12.1 Å². The molecule has 1 aliphatic rings. The number of benzene rings is 1. The Balaban J connectivity index is 1.94. The van der Waals surface area contributed by atoms with E-state index in [1.54, 1.807) is 6.20 Å². The van der Waals surface area contributed by atoms with Crippen LogP contribution >= 0.6 is 0 Å². The molecule has 2 heterocycles. The van der Waals surface area contributed by atoms with Crippen LogP contribution in [0.5, 0.6) is 0 Å². The standard InChI is InChI=1S/C19H18N2/c1-13-5-7-15(8-6-13)9-10-16-11-17-18(20-12-16)21-14(2)19(17,3)4/h5-8,11-12H,1-4H3. The quantitative estimate of drug-likeness (QED) is 0.662. The van der Waals surface area contributed by atoms with Gasteiger partial charge in [-0.2, -0.15) is 0 Å². The maximum Gasteiger partial charge on any atom is 0.155 e. The first-order valence-electron chi connectivity index (χ1n) is 7.12. The van der Waals surface area contributed by atoms with Crippen LogP contribution in [0.4, 0.5) is 5.82 Å². The molecule has 0 unspecified atom stereocenters. The molecule has 2 heteroatoms. The molecule has 0 N–H and O–H groups in total. The van der Waals surface area contributed by atoms with Gasteiger partial charge >= 0.3 is 0 Å². The summed E-state index contributed by atoms with van der Waals surface area (Å²) in [5.41, 5.74) is 5.42. The second kappa shape index (κ2) is 4.86. The van der Waals surface area contributed by atoms with Crippen LogP contribution in [-0.4, -0.2) is 10.7 Å². The lowest BCUT2D eigenvalue weighted by Gasteiger charge is -2.19. The average molecular weight is 274 g/mol. The Labute approximate surface area is 126 Å². The predicted octanol–water partition coefficient (Wildman–Crippen LogP) is 4.17. The van der Waals surface area contributed by atoms with Crippen LogP contribution in [0.15, 0.2) is 41.5 Å². The molecule has 0 spiro atoms. The molecule has 0 saturated carbocycles. The Morgan fingerprint density at radius 2 is 1.62 bits per heavy atom. The predicted molar refractivity (Wildman–Crippen MR) is 87.2 cm³/mol. The number of aryl methyl sites for hydroxylation is 1. The molecule has 1 aromatic carbocycles. The van der Waals surface area contributed by atoms with Crippen molar-refractivity contribution < 1.29 is 0 Å². The van der Waals surface area contributed by atoms with Gasteiger partial charge in [-0.1, -0.05) is 43.4 Å². The zero-order chi connectivity index (χ0) is 15.0. The molecule has 0 bridgehead atoms. The van der Waals surface area contributed by atoms with Crippen LogP contribution in [0.2, 0.25) is 0 Å². The number of aliphatic imine (C=N–C) groups is 1. The van der Waals surface area contributed by atoms with E-state index in [-0.39, 0.29) is 5.41 Å². The minimum Gasteiger partial charge on any atom is -0.237 e. The molecule has 1 aliphatic heterocycles. The summed E-state index contributed by atoms with van der Waals surface area (Å²) in [6.45, 7) is 8.48. The molecular weight excluding hydrogens is 256 g/mol. The smallest absolute Gasteiger partial charge is 0.155 e. The zero-order valence-electron chi connectivity index (χ0n) is 12.9. The monoisotopic (exact) mass is 274 g/mol. The Kier molecular flexibility index (Phi) is 3.14. The fraction of sp³-hybridized carbons (Fsp3) is 0.263. The van der Waals surface area contributed by atoms with E-state index in [0.717, 1.165) is 28.2 Å². The molecule has 3 rings (SSSR count). The van der Waals surface area contributed by atoms with E-state index in [9.17, 15) is 0 Å². The first-order valence-corrected chi connectivity index (χ1v) is 7.12. The largest absolute Gasteiger partial charge is 0.237 e. The van der Waals surface area contributed by atoms with Crippen LogP contribution in [0.25, 0.3) is 0 Å². The van der Waals surface area contributed by atoms with Crippen LogP contribution in [0.3, 0.4) is 0 Å². The van der Waals surface area contributed by atoms with Crippen LogP contribution < -0.4 is 0 Å². The van der Waals surface area contributed by atoms with Gasteiger partial charge in [-0.25, -0.2) is 9.98 Å². The van der Waals surface area contributed by atoms with E-state index in [1.165, 1.54) is 5.56 Å². The van der Waals surface area contributed by atoms with E-state index in [2.05, 4.69) is 67.7 Å². The van der Waals surface area contributed by atoms with Gasteiger partial charge in [0.15, 0.2) is 5.82 Å². The highest BCUT2D eigenvalue weighted by atomic mass is 14.9. The fourth-order valence-corrected chi connectivity index (χ4v) is 2.35. The lowest BCUT2D eigenvalue weighted by atomic mass is 9.82. The normalized spacial score (nSPS) is 15.0. The van der Waals surface area contributed by atoms with Crippen LogP contribution in [-0.2, 0) is 5.41 Å². The molecule has 0 amide bonds. The number of aromatic nitrogens is 1. The Hall–Kier alpha value is -2.40. The summed E-state index contributed by atoms with van der Waals surface area (Å²) in [6, 6.07) is 10.3. The van der Waals surface area contributed by atoms with Crippen molar-refractivity contribution >= 4 is 11.5 Å². The molecule has 1 aromatic heterocycles. The highest BCUT2D eigenvalue weighted by Crippen LogP contribution is 2.38. The Morgan fingerprint density at radius 3 is 2.33 bits per heavy atom. The molecule has 0 aliphatic carbocycles. The van der Waals surface area contributed by atoms with E-state index < -0.39 is 0 Å². The lowest BCUT2D eigenvalue weighted by molar-refractivity contribution is 0.731. The topological polar surface area (TPSA) is 25.2 Å². The minimum absolute atomic E-state index is 0.0517. The van der Waals surface area contributed by atoms with Gasteiger partial charge in [0, 0.05) is 34.0 Å². The third-order valence-electron chi connectivity index (χ3n) is 4.12. The molecule has 0 fully saturated rings. The maximum absolute atomic E-state index is 4.53. The molecule has 2 aromatic rings. The third-order valence-corrected chi connectivity index (χ3v) is 4.12. The first kappa shape index (κ1) is 13.6. The maximum atomic E-state index is 4.53. The zero-order valence-corrected chi connectivity index (χ0v) is 12.9. The van der Waals surface area contributed by atoms with Gasteiger partial charge in [0.25, 0.3) is 0 Å². The van der Waals surface area contributed by atoms with Crippen molar-refractivity contribution in [2.45, 2.75) is 33.1 Å². The van der Waals surface area contributed by atoms with Crippen molar-refractivity contribution in [1.82, 2.24) is 4.98 Å². The van der Waals surface area contributed by atoms with E-state index in [4.69, 9.17) is 0 Å². The van der Waals surface area contributed by atoms with E-state index in [0.29, 0.717) is 0 Å². The van der Waals surface area contributed by atoms with Crippen LogP contribution in [0, 0.1) is 18.8 Å². The number of hydrogen-bond acceptors (Lipinski definition) is 2. The van der Waals surface area contributed by atoms with Crippen molar-refractivity contribution in [3.8, 4) is 11.8 Å². The van der Waals surface area contributed by atoms with Crippen molar-refractivity contribution in [2.75, 3.05) is 0 Å². The van der Waals surface area contributed by atoms with Crippen molar-refractivity contribution in [3.63, 3.8) is 0 Å². The van der Waals surface area contributed by atoms with Crippen molar-refractivity contribution in [3.05, 3.63) is 58.8 Å². The summed E-state index contributed by atoms with van der Waals surface area (Å²) in [6.07, 6.45) is 1.80. The lowest BCUT2D eigenvalue weighted by Crippen LogP contribution is -2.22. The second-order valence-electron chi connectivity index (χ2n) is 6.03. The van der Waals surface area contributed by atoms with Gasteiger partial charge in [0.05, 0.1) is 0 Å². The number of fused-ring (bicyclic) bond motifs is 1. The fourth-order valence-electron chi connectivity index (χ4n) is 2.35. The van der Waals surface area contributed by atoms with Gasteiger partial charge in [-0.3, -0.25) is 0 Å². The van der Waals surface area contributed by atoms with Gasteiger partial charge < -0.3 is 0 Å². The third kappa shape index (κ3) is 2.48. The molecule has 104 valence electrons. The van der Waals surface area contributed by atoms with Gasteiger partial charge in [-0.05, 0) is 32.0 Å². The Morgan fingerprint density at radius 1 is 0.952 bits per heavy atom. The summed E-state index contributed by atoms with van der Waals surface area (Å²) >= 11 is 0. The number of rotatable bonds is 0. The van der Waals surface area contributed by atoms with Gasteiger partial charge in [0.2, 0.25) is 0 Å². The van der Waals surface area contributed by atoms with Gasteiger partial charge in [-0.15, -0.1) is 0 Å². The first-order chi connectivity index (χ1) is 9.96. The average Bonchev–Trinajstić information content (AvgIpc) is 2.69. The minimum atomic E-state index is -0.0517. The summed E-state index contributed by atoms with van der Waals surface area (Å²) in [4.78, 5) is 8.97. The number of pyridine rings is 1. The number of nitrogens with zero attached hydrogens (tertiary/aromatic N) is 2. The molecule has 0 saturated heterocycles. The summed E-state index contributed by atoms with van der Waals surface area (Å²) < 4.78 is 0. The SMILES string of the molecule is CC1=Nc2ncc(C#Cc3ccc(C)cc3)cc2C1(C)C. The number of hydrogen-bond donors (Lipinski definition) is 0. The highest BCUT2D eigenvalue weighted by Gasteiger charge is 2.33. The molecular formula is C19H18N2. The molecule has 0 atom stereocenters.